The van der Waals surface area contributed by atoms with Crippen LogP contribution in [0.5, 0.6) is 0 Å². The van der Waals surface area contributed by atoms with E-state index in [0.29, 0.717) is 5.03 Å². The number of hydrogen-bond acceptors (Lipinski definition) is 5. The molecule has 0 aliphatic heterocycles. The molecule has 0 spiro atoms. The fourth-order valence-corrected chi connectivity index (χ4v) is 4.76. The number of hydrogen-bond donors (Lipinski definition) is 0. The Balaban J connectivity index is 3.44. The first-order chi connectivity index (χ1) is 7.81. The van der Waals surface area contributed by atoms with Crippen molar-refractivity contribution in [3.63, 3.8) is 0 Å². The Hall–Kier alpha value is -0.0113. The summed E-state index contributed by atoms with van der Waals surface area (Å²) in [6.07, 6.45) is 1.87. The Morgan fingerprint density at radius 1 is 1.35 bits per heavy atom. The van der Waals surface area contributed by atoms with Crippen LogP contribution in [0.25, 0.3) is 0 Å². The monoisotopic (exact) mass is 382 g/mol. The molecule has 0 aliphatic carbocycles. The molecule has 0 fully saturated rings. The molecular weight excluding hydrogens is 366 g/mol. The molecular formula is C10H15ClN2O2SSn. The zero-order chi connectivity index (χ0) is 13.2. The quantitative estimate of drug-likeness (QED) is 0.348. The van der Waals surface area contributed by atoms with Crippen LogP contribution in [0.15, 0.2) is 5.03 Å². The number of nitrogens with zero attached hydrogens (tertiary/aromatic N) is 2. The molecule has 0 bridgehead atoms. The van der Waals surface area contributed by atoms with Crippen LogP contribution in [0, 0.1) is 0 Å². The van der Waals surface area contributed by atoms with Crippen molar-refractivity contribution < 1.29 is 9.53 Å². The van der Waals surface area contributed by atoms with Crippen LogP contribution in [0.2, 0.25) is 19.8 Å². The molecule has 0 atom stereocenters. The summed E-state index contributed by atoms with van der Waals surface area (Å²) in [6.45, 7) is 0. The average Bonchev–Trinajstić information content (AvgIpc) is 2.26. The molecule has 0 unspecified atom stereocenters. The van der Waals surface area contributed by atoms with Gasteiger partial charge in [0.15, 0.2) is 0 Å². The number of carbonyl (C=O) groups is 1. The van der Waals surface area contributed by atoms with Crippen molar-refractivity contribution >= 4 is 51.5 Å². The zero-order valence-electron chi connectivity index (χ0n) is 10.5. The van der Waals surface area contributed by atoms with Gasteiger partial charge in [-0.05, 0) is 0 Å². The van der Waals surface area contributed by atoms with Crippen molar-refractivity contribution in [3.8, 4) is 0 Å². The van der Waals surface area contributed by atoms with Gasteiger partial charge < -0.3 is 0 Å². The Labute approximate surface area is 114 Å². The number of rotatable bonds is 3. The third kappa shape index (κ3) is 3.48. The Kier molecular flexibility index (Phi) is 5.09. The van der Waals surface area contributed by atoms with Crippen molar-refractivity contribution in [2.75, 3.05) is 13.4 Å². The Bertz CT molecular complexity index is 449. The molecule has 1 rings (SSSR count). The van der Waals surface area contributed by atoms with Gasteiger partial charge in [0.1, 0.15) is 0 Å². The number of carbonyl (C=O) groups excluding carboxylic acids is 1. The van der Waals surface area contributed by atoms with Crippen molar-refractivity contribution in [1.29, 1.82) is 0 Å². The second-order valence-electron chi connectivity index (χ2n) is 4.46. The van der Waals surface area contributed by atoms with Crippen molar-refractivity contribution in [1.82, 2.24) is 9.97 Å². The van der Waals surface area contributed by atoms with E-state index in [1.807, 2.05) is 6.26 Å². The molecule has 17 heavy (non-hydrogen) atoms. The maximum absolute atomic E-state index is 11.6. The van der Waals surface area contributed by atoms with Crippen molar-refractivity contribution in [2.45, 2.75) is 19.8 Å². The Morgan fingerprint density at radius 3 is 2.35 bits per heavy atom. The molecule has 0 radical (unpaired) electrons. The van der Waals surface area contributed by atoms with E-state index in [1.54, 1.807) is 0 Å². The molecule has 94 valence electrons. The van der Waals surface area contributed by atoms with Gasteiger partial charge in [-0.2, -0.15) is 0 Å². The predicted molar refractivity (Wildman–Crippen MR) is 73.1 cm³/mol. The van der Waals surface area contributed by atoms with E-state index in [2.05, 4.69) is 29.5 Å². The molecule has 0 aliphatic rings. The number of methoxy groups -OCH3 is 1. The van der Waals surface area contributed by atoms with Crippen LogP contribution in [0.4, 0.5) is 0 Å². The topological polar surface area (TPSA) is 52.1 Å². The molecule has 0 amide bonds. The number of esters is 1. The summed E-state index contributed by atoms with van der Waals surface area (Å²) >= 11 is 5.06. The van der Waals surface area contributed by atoms with E-state index in [-0.39, 0.29) is 10.7 Å². The molecule has 0 saturated carbocycles. The summed E-state index contributed by atoms with van der Waals surface area (Å²) in [4.78, 5) is 26.9. The first kappa shape index (κ1) is 15.0. The number of ether oxygens (including phenoxy) is 1. The van der Waals surface area contributed by atoms with Gasteiger partial charge in [0.05, 0.1) is 0 Å². The summed E-state index contributed by atoms with van der Waals surface area (Å²) in [7, 11) is 1.32. The van der Waals surface area contributed by atoms with Gasteiger partial charge in [0, 0.05) is 0 Å². The van der Waals surface area contributed by atoms with Gasteiger partial charge in [0.2, 0.25) is 0 Å². The Morgan fingerprint density at radius 2 is 1.94 bits per heavy atom. The first-order valence-electron chi connectivity index (χ1n) is 5.01. The molecule has 0 aromatic carbocycles. The minimum absolute atomic E-state index is 0.176. The predicted octanol–water partition coefficient (Wildman–Crippen LogP) is 2.18. The summed E-state index contributed by atoms with van der Waals surface area (Å²) in [5.74, 6) is -0.510. The molecule has 1 aromatic rings. The number of halogens is 1. The molecule has 1 aromatic heterocycles. The van der Waals surface area contributed by atoms with Gasteiger partial charge in [-0.15, -0.1) is 0 Å². The number of aromatic nitrogens is 2. The molecule has 7 heteroatoms. The van der Waals surface area contributed by atoms with Gasteiger partial charge in [-0.25, -0.2) is 0 Å². The van der Waals surface area contributed by atoms with Crippen LogP contribution in [0.1, 0.15) is 10.5 Å². The fraction of sp³-hybridized carbons (Fsp3) is 0.500. The van der Waals surface area contributed by atoms with E-state index in [1.165, 1.54) is 18.9 Å². The van der Waals surface area contributed by atoms with Gasteiger partial charge >= 0.3 is 115 Å². The SMILES string of the molecule is COC(=O)c1n[c]([Sn]([CH3])([CH3])[CH3])nc(SC)c1Cl. The van der Waals surface area contributed by atoms with E-state index >= 15 is 0 Å². The maximum atomic E-state index is 11.6. The van der Waals surface area contributed by atoms with E-state index in [4.69, 9.17) is 11.6 Å². The fourth-order valence-electron chi connectivity index (χ4n) is 1.13. The van der Waals surface area contributed by atoms with Gasteiger partial charge in [-0.1, -0.05) is 0 Å². The standard InChI is InChI=1S/C7H6ClN2O2S.3CH3.Sn/c1-12-7(11)5-4(8)6(13-2)10-3-9-5;;;;/h1-2H3;3*1H3;. The van der Waals surface area contributed by atoms with Crippen LogP contribution in [0.3, 0.4) is 0 Å². The van der Waals surface area contributed by atoms with Crippen LogP contribution >= 0.6 is 23.4 Å². The number of thioether (sulfide) groups is 1. The molecule has 4 nitrogen and oxygen atoms in total. The first-order valence-corrected chi connectivity index (χ1v) is 16.6. The second kappa shape index (κ2) is 5.75. The second-order valence-corrected chi connectivity index (χ2v) is 19.8. The average molecular weight is 381 g/mol. The summed E-state index contributed by atoms with van der Waals surface area (Å²) < 4.78 is 5.47. The molecule has 0 N–H and O–H groups in total. The third-order valence-corrected chi connectivity index (χ3v) is 7.68. The van der Waals surface area contributed by atoms with Crippen molar-refractivity contribution in [2.24, 2.45) is 0 Å². The van der Waals surface area contributed by atoms with Gasteiger partial charge in [-0.3, -0.25) is 0 Å². The van der Waals surface area contributed by atoms with E-state index < -0.39 is 24.3 Å². The van der Waals surface area contributed by atoms with Crippen LogP contribution < -0.4 is 3.84 Å². The third-order valence-electron chi connectivity index (χ3n) is 2.06. The normalized spacial score (nSPS) is 11.4. The summed E-state index contributed by atoms with van der Waals surface area (Å²) in [5.41, 5.74) is 0.176. The van der Waals surface area contributed by atoms with Crippen molar-refractivity contribution in [3.05, 3.63) is 10.7 Å². The minimum atomic E-state index is -2.44. The molecule has 0 saturated heterocycles. The van der Waals surface area contributed by atoms with E-state index in [9.17, 15) is 4.79 Å². The summed E-state index contributed by atoms with van der Waals surface area (Å²) in [5, 5.41) is 0.923. The van der Waals surface area contributed by atoms with Gasteiger partial charge in [0.25, 0.3) is 0 Å². The zero-order valence-corrected chi connectivity index (χ0v) is 14.9. The van der Waals surface area contributed by atoms with E-state index in [0.717, 1.165) is 3.84 Å². The molecule has 1 heterocycles. The van der Waals surface area contributed by atoms with Crippen LogP contribution in [-0.4, -0.2) is 47.7 Å². The summed E-state index contributed by atoms with van der Waals surface area (Å²) in [6, 6.07) is 0. The van der Waals surface area contributed by atoms with Crippen LogP contribution in [-0.2, 0) is 4.74 Å².